The first-order valence-electron chi connectivity index (χ1n) is 5.74. The molecule has 0 aromatic heterocycles. The molecule has 6 heteroatoms. The van der Waals surface area contributed by atoms with Gasteiger partial charge < -0.3 is 14.6 Å². The zero-order valence-electron chi connectivity index (χ0n) is 9.86. The summed E-state index contributed by atoms with van der Waals surface area (Å²) in [4.78, 5) is 0. The standard InChI is InChI=1S/C12H15BrO4S/c13-10-7-12-11(16-3-1-4-17-12)6-9(10)8-18(15)5-2-14/h6-7,14H,1-5,8H2/t18-/m1/s1. The minimum absolute atomic E-state index is 0.0607. The predicted octanol–water partition coefficient (Wildman–Crippen LogP) is 1.85. The number of hydrogen-bond acceptors (Lipinski definition) is 4. The van der Waals surface area contributed by atoms with Crippen LogP contribution in [0.15, 0.2) is 16.6 Å². The van der Waals surface area contributed by atoms with Crippen LogP contribution in [0.2, 0.25) is 0 Å². The SMILES string of the molecule is O=[S@](CCO)Cc1cc2c(cc1Br)OCCCO2. The van der Waals surface area contributed by atoms with Crippen molar-refractivity contribution in [3.8, 4) is 11.5 Å². The molecule has 4 nitrogen and oxygen atoms in total. The van der Waals surface area contributed by atoms with Crippen LogP contribution >= 0.6 is 15.9 Å². The number of halogens is 1. The Labute approximate surface area is 117 Å². The van der Waals surface area contributed by atoms with Gasteiger partial charge in [-0.25, -0.2) is 0 Å². The number of rotatable bonds is 4. The molecular formula is C12H15BrO4S. The Balaban J connectivity index is 2.21. The summed E-state index contributed by atoms with van der Waals surface area (Å²) in [5.74, 6) is 2.11. The Hall–Kier alpha value is -0.590. The zero-order chi connectivity index (χ0) is 13.0. The second kappa shape index (κ2) is 6.54. The van der Waals surface area contributed by atoms with Crippen molar-refractivity contribution in [2.24, 2.45) is 0 Å². The number of benzene rings is 1. The van der Waals surface area contributed by atoms with E-state index in [0.717, 1.165) is 22.2 Å². The third-order valence-corrected chi connectivity index (χ3v) is 4.56. The molecule has 0 fully saturated rings. The van der Waals surface area contributed by atoms with Crippen LogP contribution in [0.1, 0.15) is 12.0 Å². The molecule has 1 aliphatic rings. The van der Waals surface area contributed by atoms with Crippen LogP contribution in [-0.2, 0) is 16.6 Å². The fourth-order valence-electron chi connectivity index (χ4n) is 1.68. The van der Waals surface area contributed by atoms with E-state index in [9.17, 15) is 4.21 Å². The lowest BCUT2D eigenvalue weighted by molar-refractivity contribution is 0.297. The molecule has 0 radical (unpaired) electrons. The minimum atomic E-state index is -1.06. The Morgan fingerprint density at radius 3 is 2.61 bits per heavy atom. The van der Waals surface area contributed by atoms with Gasteiger partial charge in [0.15, 0.2) is 11.5 Å². The Bertz CT molecular complexity index is 450. The van der Waals surface area contributed by atoms with Crippen LogP contribution in [-0.4, -0.2) is 34.9 Å². The predicted molar refractivity (Wildman–Crippen MR) is 73.5 cm³/mol. The van der Waals surface area contributed by atoms with Crippen LogP contribution in [0.25, 0.3) is 0 Å². The van der Waals surface area contributed by atoms with E-state index in [1.165, 1.54) is 0 Å². The molecule has 2 rings (SSSR count). The Morgan fingerprint density at radius 2 is 1.94 bits per heavy atom. The van der Waals surface area contributed by atoms with Crippen molar-refractivity contribution in [3.05, 3.63) is 22.2 Å². The summed E-state index contributed by atoms with van der Waals surface area (Å²) in [5.41, 5.74) is 0.908. The van der Waals surface area contributed by atoms with Crippen LogP contribution < -0.4 is 9.47 Å². The van der Waals surface area contributed by atoms with E-state index in [4.69, 9.17) is 14.6 Å². The van der Waals surface area contributed by atoms with Gasteiger partial charge in [-0.3, -0.25) is 4.21 Å². The van der Waals surface area contributed by atoms with Crippen molar-refractivity contribution in [2.45, 2.75) is 12.2 Å². The maximum absolute atomic E-state index is 11.7. The highest BCUT2D eigenvalue weighted by Crippen LogP contribution is 2.35. The van der Waals surface area contributed by atoms with E-state index >= 15 is 0 Å². The van der Waals surface area contributed by atoms with E-state index in [0.29, 0.717) is 30.5 Å². The van der Waals surface area contributed by atoms with E-state index in [-0.39, 0.29) is 6.61 Å². The molecule has 0 spiro atoms. The Kier molecular flexibility index (Phi) is 5.03. The summed E-state index contributed by atoms with van der Waals surface area (Å²) in [6.45, 7) is 1.22. The number of ether oxygens (including phenoxy) is 2. The number of fused-ring (bicyclic) bond motifs is 1. The molecule has 0 amide bonds. The summed E-state index contributed by atoms with van der Waals surface area (Å²) in [6, 6.07) is 3.71. The molecular weight excluding hydrogens is 320 g/mol. The first-order chi connectivity index (χ1) is 8.70. The molecule has 0 bridgehead atoms. The van der Waals surface area contributed by atoms with E-state index in [2.05, 4.69) is 15.9 Å². The highest BCUT2D eigenvalue weighted by atomic mass is 79.9. The van der Waals surface area contributed by atoms with E-state index in [1.807, 2.05) is 12.1 Å². The fourth-order valence-corrected chi connectivity index (χ4v) is 3.27. The zero-order valence-corrected chi connectivity index (χ0v) is 12.3. The van der Waals surface area contributed by atoms with Crippen molar-refractivity contribution >= 4 is 26.7 Å². The molecule has 1 aromatic carbocycles. The number of hydrogen-bond donors (Lipinski definition) is 1. The molecule has 0 saturated carbocycles. The summed E-state index contributed by atoms with van der Waals surface area (Å²) in [7, 11) is -1.06. The minimum Gasteiger partial charge on any atom is -0.490 e. The molecule has 1 aromatic rings. The quantitative estimate of drug-likeness (QED) is 0.912. The lowest BCUT2D eigenvalue weighted by atomic mass is 10.2. The average molecular weight is 335 g/mol. The molecule has 1 atom stereocenters. The van der Waals surface area contributed by atoms with Gasteiger partial charge in [-0.15, -0.1) is 0 Å². The van der Waals surface area contributed by atoms with Gasteiger partial charge in [-0.05, 0) is 17.7 Å². The normalized spacial score (nSPS) is 16.1. The summed E-state index contributed by atoms with van der Waals surface area (Å²) in [6.07, 6.45) is 0.859. The van der Waals surface area contributed by atoms with Gasteiger partial charge in [0.1, 0.15) is 0 Å². The maximum Gasteiger partial charge on any atom is 0.162 e. The lowest BCUT2D eigenvalue weighted by Crippen LogP contribution is -2.05. The highest BCUT2D eigenvalue weighted by molar-refractivity contribution is 9.10. The highest BCUT2D eigenvalue weighted by Gasteiger charge is 2.15. The molecule has 1 N–H and O–H groups in total. The third-order valence-electron chi connectivity index (χ3n) is 2.55. The molecule has 1 aliphatic heterocycles. The van der Waals surface area contributed by atoms with Crippen LogP contribution in [0.3, 0.4) is 0 Å². The van der Waals surface area contributed by atoms with Gasteiger partial charge in [0.25, 0.3) is 0 Å². The first kappa shape index (κ1) is 13.8. The summed E-state index contributed by atoms with van der Waals surface area (Å²) >= 11 is 3.45. The number of aliphatic hydroxyl groups excluding tert-OH is 1. The van der Waals surface area contributed by atoms with Gasteiger partial charge in [-0.1, -0.05) is 15.9 Å². The first-order valence-corrected chi connectivity index (χ1v) is 8.02. The van der Waals surface area contributed by atoms with Crippen molar-refractivity contribution in [1.29, 1.82) is 0 Å². The van der Waals surface area contributed by atoms with Gasteiger partial charge in [-0.2, -0.15) is 0 Å². The monoisotopic (exact) mass is 334 g/mol. The van der Waals surface area contributed by atoms with Crippen LogP contribution in [0.4, 0.5) is 0 Å². The maximum atomic E-state index is 11.7. The molecule has 100 valence electrons. The topological polar surface area (TPSA) is 55.8 Å². The molecule has 0 saturated heterocycles. The Morgan fingerprint density at radius 1 is 1.28 bits per heavy atom. The largest absolute Gasteiger partial charge is 0.490 e. The number of aliphatic hydroxyl groups is 1. The van der Waals surface area contributed by atoms with Gasteiger partial charge in [0.2, 0.25) is 0 Å². The van der Waals surface area contributed by atoms with Crippen LogP contribution in [0, 0.1) is 0 Å². The van der Waals surface area contributed by atoms with Crippen molar-refractivity contribution < 1.29 is 18.8 Å². The summed E-state index contributed by atoms with van der Waals surface area (Å²) < 4.78 is 23.7. The smallest absolute Gasteiger partial charge is 0.162 e. The van der Waals surface area contributed by atoms with Crippen molar-refractivity contribution in [2.75, 3.05) is 25.6 Å². The fraction of sp³-hybridized carbons (Fsp3) is 0.500. The second-order valence-corrected chi connectivity index (χ2v) is 6.38. The van der Waals surface area contributed by atoms with Gasteiger partial charge >= 0.3 is 0 Å². The van der Waals surface area contributed by atoms with Crippen LogP contribution in [0.5, 0.6) is 11.5 Å². The molecule has 18 heavy (non-hydrogen) atoms. The second-order valence-electron chi connectivity index (χ2n) is 3.95. The van der Waals surface area contributed by atoms with E-state index < -0.39 is 10.8 Å². The van der Waals surface area contributed by atoms with Gasteiger partial charge in [0.05, 0.1) is 19.8 Å². The third kappa shape index (κ3) is 3.46. The van der Waals surface area contributed by atoms with Crippen molar-refractivity contribution in [1.82, 2.24) is 0 Å². The summed E-state index contributed by atoms with van der Waals surface area (Å²) in [5, 5.41) is 8.76. The molecule has 0 unspecified atom stereocenters. The molecule has 0 aliphatic carbocycles. The van der Waals surface area contributed by atoms with Crippen molar-refractivity contribution in [3.63, 3.8) is 0 Å². The molecule has 1 heterocycles. The van der Waals surface area contributed by atoms with E-state index in [1.54, 1.807) is 0 Å². The average Bonchev–Trinajstić information content (AvgIpc) is 2.55. The lowest BCUT2D eigenvalue weighted by Gasteiger charge is -2.11. The van der Waals surface area contributed by atoms with Gasteiger partial charge in [0, 0.05) is 33.2 Å².